The number of anilines is 1. The molecule has 0 radical (unpaired) electrons. The summed E-state index contributed by atoms with van der Waals surface area (Å²) < 4.78 is 18.6. The fraction of sp³-hybridized carbons (Fsp3) is 0.235. The Labute approximate surface area is 123 Å². The first-order valence-electron chi connectivity index (χ1n) is 6.83. The van der Waals surface area contributed by atoms with Crippen LogP contribution in [0.5, 0.6) is 5.75 Å². The van der Waals surface area contributed by atoms with Crippen LogP contribution >= 0.6 is 0 Å². The molecule has 0 spiro atoms. The van der Waals surface area contributed by atoms with Crippen molar-refractivity contribution < 1.29 is 13.9 Å². The Bertz CT molecular complexity index is 626. The van der Waals surface area contributed by atoms with E-state index in [0.717, 1.165) is 5.56 Å². The predicted octanol–water partition coefficient (Wildman–Crippen LogP) is 3.97. The molecule has 0 saturated heterocycles. The van der Waals surface area contributed by atoms with Gasteiger partial charge in [-0.2, -0.15) is 0 Å². The zero-order valence-corrected chi connectivity index (χ0v) is 12.1. The number of benzene rings is 2. The SMILES string of the molecule is CC(C)c1ccccc1OCC(=O)Nc1cccc(F)c1. The van der Waals surface area contributed by atoms with Gasteiger partial charge >= 0.3 is 0 Å². The van der Waals surface area contributed by atoms with Gasteiger partial charge in [0.1, 0.15) is 11.6 Å². The summed E-state index contributed by atoms with van der Waals surface area (Å²) in [4.78, 5) is 11.8. The third-order valence-corrected chi connectivity index (χ3v) is 3.01. The molecule has 0 unspecified atom stereocenters. The average Bonchev–Trinajstić information content (AvgIpc) is 2.45. The number of rotatable bonds is 5. The van der Waals surface area contributed by atoms with Gasteiger partial charge in [0, 0.05) is 5.69 Å². The average molecular weight is 287 g/mol. The van der Waals surface area contributed by atoms with E-state index in [-0.39, 0.29) is 18.3 Å². The number of hydrogen-bond acceptors (Lipinski definition) is 2. The fourth-order valence-corrected chi connectivity index (χ4v) is 2.00. The van der Waals surface area contributed by atoms with Crippen LogP contribution in [0.3, 0.4) is 0 Å². The monoisotopic (exact) mass is 287 g/mol. The molecular formula is C17H18FNO2. The number of hydrogen-bond donors (Lipinski definition) is 1. The minimum Gasteiger partial charge on any atom is -0.483 e. The number of carbonyl (C=O) groups is 1. The van der Waals surface area contributed by atoms with Crippen LogP contribution in [0, 0.1) is 5.82 Å². The number of nitrogens with one attached hydrogen (secondary N) is 1. The summed E-state index contributed by atoms with van der Waals surface area (Å²) in [5, 5.41) is 2.60. The largest absolute Gasteiger partial charge is 0.483 e. The number of halogens is 1. The lowest BCUT2D eigenvalue weighted by Crippen LogP contribution is -2.20. The van der Waals surface area contributed by atoms with Crippen LogP contribution < -0.4 is 10.1 Å². The van der Waals surface area contributed by atoms with E-state index in [9.17, 15) is 9.18 Å². The summed E-state index contributed by atoms with van der Waals surface area (Å²) in [6.45, 7) is 4.02. The van der Waals surface area contributed by atoms with Crippen molar-refractivity contribution in [1.29, 1.82) is 0 Å². The van der Waals surface area contributed by atoms with Crippen LogP contribution in [0.4, 0.5) is 10.1 Å². The summed E-state index contributed by atoms with van der Waals surface area (Å²) in [5.74, 6) is 0.299. The Morgan fingerprint density at radius 1 is 1.19 bits per heavy atom. The third kappa shape index (κ3) is 4.31. The standard InChI is InChI=1S/C17H18FNO2/c1-12(2)15-8-3-4-9-16(15)21-11-17(20)19-14-7-5-6-13(18)10-14/h3-10,12H,11H2,1-2H3,(H,19,20). The molecule has 0 saturated carbocycles. The first kappa shape index (κ1) is 15.0. The van der Waals surface area contributed by atoms with E-state index in [1.165, 1.54) is 12.1 Å². The van der Waals surface area contributed by atoms with Gasteiger partial charge in [-0.05, 0) is 35.7 Å². The summed E-state index contributed by atoms with van der Waals surface area (Å²) in [6, 6.07) is 13.4. The van der Waals surface area contributed by atoms with Gasteiger partial charge in [-0.3, -0.25) is 4.79 Å². The Hall–Kier alpha value is -2.36. The lowest BCUT2D eigenvalue weighted by atomic mass is 10.0. The van der Waals surface area contributed by atoms with Crippen molar-refractivity contribution in [2.45, 2.75) is 19.8 Å². The molecule has 0 aliphatic heterocycles. The first-order valence-corrected chi connectivity index (χ1v) is 6.83. The molecule has 0 aromatic heterocycles. The highest BCUT2D eigenvalue weighted by Crippen LogP contribution is 2.25. The molecule has 1 N–H and O–H groups in total. The van der Waals surface area contributed by atoms with Crippen molar-refractivity contribution in [2.75, 3.05) is 11.9 Å². The van der Waals surface area contributed by atoms with Crippen LogP contribution in [0.15, 0.2) is 48.5 Å². The molecule has 2 aromatic carbocycles. The van der Waals surface area contributed by atoms with Gasteiger partial charge in [-0.1, -0.05) is 38.1 Å². The Kier molecular flexibility index (Phi) is 4.93. The Balaban J connectivity index is 1.95. The normalized spacial score (nSPS) is 10.5. The third-order valence-electron chi connectivity index (χ3n) is 3.01. The van der Waals surface area contributed by atoms with Crippen molar-refractivity contribution in [2.24, 2.45) is 0 Å². The maximum Gasteiger partial charge on any atom is 0.262 e. The summed E-state index contributed by atoms with van der Waals surface area (Å²) in [7, 11) is 0. The zero-order valence-electron chi connectivity index (χ0n) is 12.1. The van der Waals surface area contributed by atoms with Gasteiger partial charge in [-0.25, -0.2) is 4.39 Å². The first-order chi connectivity index (χ1) is 10.1. The highest BCUT2D eigenvalue weighted by Gasteiger charge is 2.09. The lowest BCUT2D eigenvalue weighted by Gasteiger charge is -2.13. The summed E-state index contributed by atoms with van der Waals surface area (Å²) >= 11 is 0. The lowest BCUT2D eigenvalue weighted by molar-refractivity contribution is -0.118. The van der Waals surface area contributed by atoms with Gasteiger partial charge in [0.25, 0.3) is 5.91 Å². The molecule has 0 heterocycles. The van der Waals surface area contributed by atoms with Crippen LogP contribution in [0.2, 0.25) is 0 Å². The number of amides is 1. The van der Waals surface area contributed by atoms with Crippen molar-refractivity contribution in [3.05, 3.63) is 59.9 Å². The van der Waals surface area contributed by atoms with Crippen molar-refractivity contribution in [3.8, 4) is 5.75 Å². The molecule has 2 aromatic rings. The second kappa shape index (κ2) is 6.88. The smallest absolute Gasteiger partial charge is 0.262 e. The zero-order chi connectivity index (χ0) is 15.2. The Morgan fingerprint density at radius 3 is 2.67 bits per heavy atom. The molecule has 110 valence electrons. The molecule has 0 aliphatic rings. The topological polar surface area (TPSA) is 38.3 Å². The molecule has 21 heavy (non-hydrogen) atoms. The van der Waals surface area contributed by atoms with Crippen molar-refractivity contribution >= 4 is 11.6 Å². The van der Waals surface area contributed by atoms with Crippen LogP contribution in [-0.2, 0) is 4.79 Å². The highest BCUT2D eigenvalue weighted by atomic mass is 19.1. The molecule has 0 bridgehead atoms. The number of carbonyl (C=O) groups excluding carboxylic acids is 1. The molecule has 1 amide bonds. The molecule has 0 atom stereocenters. The van der Waals surface area contributed by atoms with E-state index >= 15 is 0 Å². The second-order valence-electron chi connectivity index (χ2n) is 5.04. The van der Waals surface area contributed by atoms with E-state index in [4.69, 9.17) is 4.74 Å². The van der Waals surface area contributed by atoms with Crippen LogP contribution in [0.25, 0.3) is 0 Å². The van der Waals surface area contributed by atoms with Gasteiger partial charge in [0.2, 0.25) is 0 Å². The minimum atomic E-state index is -0.390. The Morgan fingerprint density at radius 2 is 1.95 bits per heavy atom. The van der Waals surface area contributed by atoms with Gasteiger partial charge in [0.05, 0.1) is 0 Å². The predicted molar refractivity (Wildman–Crippen MR) is 81.1 cm³/mol. The summed E-state index contributed by atoms with van der Waals surface area (Å²) in [6.07, 6.45) is 0. The summed E-state index contributed by atoms with van der Waals surface area (Å²) in [5.41, 5.74) is 1.47. The van der Waals surface area contributed by atoms with E-state index < -0.39 is 0 Å². The fourth-order valence-electron chi connectivity index (χ4n) is 2.00. The molecule has 0 fully saturated rings. The van der Waals surface area contributed by atoms with Gasteiger partial charge in [0.15, 0.2) is 6.61 Å². The molecule has 2 rings (SSSR count). The highest BCUT2D eigenvalue weighted by molar-refractivity contribution is 5.91. The van der Waals surface area contributed by atoms with Gasteiger partial charge < -0.3 is 10.1 Å². The quantitative estimate of drug-likeness (QED) is 0.903. The number of ether oxygens (including phenoxy) is 1. The van der Waals surface area contributed by atoms with Crippen LogP contribution in [-0.4, -0.2) is 12.5 Å². The number of para-hydroxylation sites is 1. The van der Waals surface area contributed by atoms with Crippen molar-refractivity contribution in [1.82, 2.24) is 0 Å². The van der Waals surface area contributed by atoms with E-state index in [0.29, 0.717) is 17.4 Å². The van der Waals surface area contributed by atoms with Crippen LogP contribution in [0.1, 0.15) is 25.3 Å². The van der Waals surface area contributed by atoms with Crippen molar-refractivity contribution in [3.63, 3.8) is 0 Å². The van der Waals surface area contributed by atoms with E-state index in [2.05, 4.69) is 19.2 Å². The minimum absolute atomic E-state index is 0.111. The molecule has 3 nitrogen and oxygen atoms in total. The maximum atomic E-state index is 13.0. The molecule has 0 aliphatic carbocycles. The van der Waals surface area contributed by atoms with Gasteiger partial charge in [-0.15, -0.1) is 0 Å². The second-order valence-corrected chi connectivity index (χ2v) is 5.04. The van der Waals surface area contributed by atoms with E-state index in [1.54, 1.807) is 12.1 Å². The maximum absolute atomic E-state index is 13.0. The molecular weight excluding hydrogens is 269 g/mol. The van der Waals surface area contributed by atoms with E-state index in [1.807, 2.05) is 24.3 Å². The molecule has 4 heteroatoms.